The summed E-state index contributed by atoms with van der Waals surface area (Å²) in [5.41, 5.74) is 2.30. The average molecular weight is 419 g/mol. The molecule has 0 aromatic carbocycles. The standard InChI is InChI=1S/C26H43ClN2/c1-3-5-6-8-21-11-15-23(16-12-21)26-18-17-24(28-29-26)19-25(27)22-13-9-20(7-4-2)10-14-22/h17-18,20-23,25H,3-16,19H2,1-2H3/t20-,21-,22-,23-,25?. The molecule has 0 saturated heterocycles. The Balaban J connectivity index is 1.41. The number of alkyl halides is 1. The van der Waals surface area contributed by atoms with Crippen LogP contribution in [0, 0.1) is 17.8 Å². The van der Waals surface area contributed by atoms with Crippen molar-refractivity contribution in [2.45, 2.75) is 121 Å². The second-order valence-corrected chi connectivity index (χ2v) is 10.5. The molecule has 2 saturated carbocycles. The van der Waals surface area contributed by atoms with Crippen molar-refractivity contribution in [1.29, 1.82) is 0 Å². The molecule has 0 amide bonds. The molecule has 2 nitrogen and oxygen atoms in total. The van der Waals surface area contributed by atoms with Gasteiger partial charge in [-0.15, -0.1) is 11.6 Å². The summed E-state index contributed by atoms with van der Waals surface area (Å²) in [5.74, 6) is 3.18. The zero-order valence-electron chi connectivity index (χ0n) is 18.9. The van der Waals surface area contributed by atoms with E-state index in [0.717, 1.165) is 24.0 Å². The van der Waals surface area contributed by atoms with Crippen LogP contribution in [0.15, 0.2) is 12.1 Å². The van der Waals surface area contributed by atoms with E-state index in [1.165, 1.54) is 95.6 Å². The van der Waals surface area contributed by atoms with Gasteiger partial charge in [-0.05, 0) is 68.4 Å². The van der Waals surface area contributed by atoms with Crippen molar-refractivity contribution >= 4 is 11.6 Å². The third-order valence-corrected chi connectivity index (χ3v) is 8.24. The molecule has 3 rings (SSSR count). The molecule has 0 spiro atoms. The Morgan fingerprint density at radius 3 is 2.14 bits per heavy atom. The largest absolute Gasteiger partial charge is 0.155 e. The molecule has 0 N–H and O–H groups in total. The van der Waals surface area contributed by atoms with E-state index in [4.69, 9.17) is 11.6 Å². The fourth-order valence-corrected chi connectivity index (χ4v) is 6.15. The minimum absolute atomic E-state index is 0.219. The summed E-state index contributed by atoms with van der Waals surface area (Å²) in [6.45, 7) is 4.60. The van der Waals surface area contributed by atoms with E-state index < -0.39 is 0 Å². The SMILES string of the molecule is CCCCC[C@H]1CC[C@H](c2ccc(CC(Cl)[C@H]3CC[C@H](CCC)CC3)nn2)CC1. The predicted molar refractivity (Wildman–Crippen MR) is 125 cm³/mol. The molecule has 164 valence electrons. The van der Waals surface area contributed by atoms with Crippen LogP contribution in [0.1, 0.15) is 121 Å². The Morgan fingerprint density at radius 1 is 0.828 bits per heavy atom. The van der Waals surface area contributed by atoms with Gasteiger partial charge in [-0.2, -0.15) is 10.2 Å². The molecule has 3 heteroatoms. The topological polar surface area (TPSA) is 25.8 Å². The molecule has 29 heavy (non-hydrogen) atoms. The summed E-state index contributed by atoms with van der Waals surface area (Å²) in [5, 5.41) is 9.43. The number of rotatable bonds is 10. The first kappa shape index (κ1) is 23.0. The van der Waals surface area contributed by atoms with E-state index in [1.54, 1.807) is 0 Å². The van der Waals surface area contributed by atoms with Crippen molar-refractivity contribution in [3.63, 3.8) is 0 Å². The van der Waals surface area contributed by atoms with Crippen molar-refractivity contribution in [2.24, 2.45) is 17.8 Å². The van der Waals surface area contributed by atoms with Gasteiger partial charge in [0.25, 0.3) is 0 Å². The zero-order valence-corrected chi connectivity index (χ0v) is 19.7. The highest BCUT2D eigenvalue weighted by Crippen LogP contribution is 2.38. The van der Waals surface area contributed by atoms with E-state index in [0.29, 0.717) is 11.8 Å². The van der Waals surface area contributed by atoms with Crippen molar-refractivity contribution in [3.8, 4) is 0 Å². The lowest BCUT2D eigenvalue weighted by Crippen LogP contribution is -2.24. The van der Waals surface area contributed by atoms with Gasteiger partial charge in [0.1, 0.15) is 0 Å². The van der Waals surface area contributed by atoms with Crippen molar-refractivity contribution in [3.05, 3.63) is 23.5 Å². The lowest BCUT2D eigenvalue weighted by molar-refractivity contribution is 0.254. The molecule has 0 bridgehead atoms. The Labute approximate surface area is 184 Å². The van der Waals surface area contributed by atoms with E-state index in [-0.39, 0.29) is 5.38 Å². The van der Waals surface area contributed by atoms with Crippen molar-refractivity contribution in [1.82, 2.24) is 10.2 Å². The monoisotopic (exact) mass is 418 g/mol. The first-order valence-corrected chi connectivity index (χ1v) is 13.1. The number of hydrogen-bond acceptors (Lipinski definition) is 2. The Morgan fingerprint density at radius 2 is 1.52 bits per heavy atom. The number of aromatic nitrogens is 2. The van der Waals surface area contributed by atoms with Gasteiger partial charge in [0, 0.05) is 17.7 Å². The molecule has 1 aromatic heterocycles. The molecule has 1 unspecified atom stereocenters. The van der Waals surface area contributed by atoms with Crippen LogP contribution in [0.2, 0.25) is 0 Å². The van der Waals surface area contributed by atoms with E-state index in [2.05, 4.69) is 36.2 Å². The number of hydrogen-bond donors (Lipinski definition) is 0. The third kappa shape index (κ3) is 7.23. The van der Waals surface area contributed by atoms with Gasteiger partial charge >= 0.3 is 0 Å². The van der Waals surface area contributed by atoms with Crippen LogP contribution in [0.4, 0.5) is 0 Å². The number of halogens is 1. The first-order chi connectivity index (χ1) is 14.2. The fraction of sp³-hybridized carbons (Fsp3) is 0.846. The van der Waals surface area contributed by atoms with E-state index >= 15 is 0 Å². The summed E-state index contributed by atoms with van der Waals surface area (Å²) in [4.78, 5) is 0. The molecule has 2 aliphatic rings. The summed E-state index contributed by atoms with van der Waals surface area (Å²) in [6, 6.07) is 4.44. The molecule has 1 atom stereocenters. The average Bonchev–Trinajstić information content (AvgIpc) is 2.76. The van der Waals surface area contributed by atoms with Gasteiger partial charge < -0.3 is 0 Å². The number of unbranched alkanes of at least 4 members (excludes halogenated alkanes) is 2. The van der Waals surface area contributed by atoms with Crippen LogP contribution in [0.3, 0.4) is 0 Å². The normalized spacial score (nSPS) is 28.9. The first-order valence-electron chi connectivity index (χ1n) is 12.7. The molecule has 0 radical (unpaired) electrons. The Hall–Kier alpha value is -0.630. The minimum atomic E-state index is 0.219. The van der Waals surface area contributed by atoms with Gasteiger partial charge in [0.2, 0.25) is 0 Å². The van der Waals surface area contributed by atoms with Gasteiger partial charge in [-0.3, -0.25) is 0 Å². The maximum atomic E-state index is 6.81. The number of nitrogens with zero attached hydrogens (tertiary/aromatic N) is 2. The molecular weight excluding hydrogens is 376 g/mol. The second kappa shape index (κ2) is 12.3. The van der Waals surface area contributed by atoms with Gasteiger partial charge in [-0.25, -0.2) is 0 Å². The summed E-state index contributed by atoms with van der Waals surface area (Å²) >= 11 is 6.81. The second-order valence-electron chi connectivity index (χ2n) is 9.95. The summed E-state index contributed by atoms with van der Waals surface area (Å²) in [7, 11) is 0. The molecule has 1 heterocycles. The van der Waals surface area contributed by atoms with E-state index in [1.807, 2.05) is 0 Å². The van der Waals surface area contributed by atoms with Gasteiger partial charge in [0.05, 0.1) is 11.4 Å². The van der Waals surface area contributed by atoms with Crippen molar-refractivity contribution in [2.75, 3.05) is 0 Å². The molecule has 2 fully saturated rings. The van der Waals surface area contributed by atoms with E-state index in [9.17, 15) is 0 Å². The highest BCUT2D eigenvalue weighted by molar-refractivity contribution is 6.20. The highest BCUT2D eigenvalue weighted by Gasteiger charge is 2.27. The molecule has 1 aromatic rings. The van der Waals surface area contributed by atoms with Crippen molar-refractivity contribution < 1.29 is 0 Å². The van der Waals surface area contributed by atoms with Crippen LogP contribution < -0.4 is 0 Å². The lowest BCUT2D eigenvalue weighted by atomic mass is 9.78. The van der Waals surface area contributed by atoms with Crippen LogP contribution in [-0.4, -0.2) is 15.6 Å². The van der Waals surface area contributed by atoms with Gasteiger partial charge in [0.15, 0.2) is 0 Å². The zero-order chi connectivity index (χ0) is 20.5. The maximum absolute atomic E-state index is 6.81. The Kier molecular flexibility index (Phi) is 9.76. The van der Waals surface area contributed by atoms with Crippen LogP contribution >= 0.6 is 11.6 Å². The van der Waals surface area contributed by atoms with Crippen LogP contribution in [-0.2, 0) is 6.42 Å². The van der Waals surface area contributed by atoms with Crippen LogP contribution in [0.5, 0.6) is 0 Å². The summed E-state index contributed by atoms with van der Waals surface area (Å²) < 4.78 is 0. The summed E-state index contributed by atoms with van der Waals surface area (Å²) in [6.07, 6.45) is 19.9. The minimum Gasteiger partial charge on any atom is -0.155 e. The predicted octanol–water partition coefficient (Wildman–Crippen LogP) is 8.09. The Bertz CT molecular complexity index is 557. The highest BCUT2D eigenvalue weighted by atomic mass is 35.5. The smallest absolute Gasteiger partial charge is 0.0662 e. The third-order valence-electron chi connectivity index (χ3n) is 7.73. The fourth-order valence-electron chi connectivity index (χ4n) is 5.74. The molecular formula is C26H43ClN2. The molecule has 2 aliphatic carbocycles. The quantitative estimate of drug-likeness (QED) is 0.283. The maximum Gasteiger partial charge on any atom is 0.0662 e. The van der Waals surface area contributed by atoms with Crippen LogP contribution in [0.25, 0.3) is 0 Å². The lowest BCUT2D eigenvalue weighted by Gasteiger charge is -2.31. The van der Waals surface area contributed by atoms with Gasteiger partial charge in [-0.1, -0.05) is 65.2 Å². The molecule has 0 aliphatic heterocycles.